The van der Waals surface area contributed by atoms with E-state index in [1.807, 2.05) is 25.3 Å². The number of aromatic hydroxyl groups is 1. The molecule has 5 rings (SSSR count). The first kappa shape index (κ1) is 21.0. The lowest BCUT2D eigenvalue weighted by molar-refractivity contribution is -0.116. The Morgan fingerprint density at radius 2 is 2.19 bits per heavy atom. The molecular weight excluding hydrogens is 404 g/mol. The van der Waals surface area contributed by atoms with Gasteiger partial charge >= 0.3 is 0 Å². The van der Waals surface area contributed by atoms with E-state index in [1.165, 1.54) is 36.8 Å². The number of hydrogen-bond acceptors (Lipinski definition) is 4. The van der Waals surface area contributed by atoms with Gasteiger partial charge in [-0.1, -0.05) is 19.9 Å². The number of amides is 1. The lowest BCUT2D eigenvalue weighted by Gasteiger charge is -2.52. The predicted molar refractivity (Wildman–Crippen MR) is 125 cm³/mol. The fourth-order valence-corrected chi connectivity index (χ4v) is 8.07. The summed E-state index contributed by atoms with van der Waals surface area (Å²) in [5.74, 6) is 3.85. The number of carbonyl (C=O) groups is 1. The first-order valence-corrected chi connectivity index (χ1v) is 12.7. The van der Waals surface area contributed by atoms with E-state index in [9.17, 15) is 9.90 Å². The van der Waals surface area contributed by atoms with Gasteiger partial charge in [-0.05, 0) is 104 Å². The summed E-state index contributed by atoms with van der Waals surface area (Å²) in [6.07, 6.45) is 9.45. The van der Waals surface area contributed by atoms with Gasteiger partial charge in [0, 0.05) is 17.5 Å². The van der Waals surface area contributed by atoms with E-state index in [2.05, 4.69) is 30.2 Å². The molecule has 166 valence electrons. The van der Waals surface area contributed by atoms with Crippen LogP contribution in [0.5, 0.6) is 5.75 Å². The average molecular weight is 439 g/mol. The van der Waals surface area contributed by atoms with Crippen LogP contribution in [-0.2, 0) is 11.2 Å². The number of nitrogens with zero attached hydrogens (tertiary/aromatic N) is 1. The van der Waals surface area contributed by atoms with Gasteiger partial charge in [-0.15, -0.1) is 11.3 Å². The second-order valence-corrected chi connectivity index (χ2v) is 11.8. The Bertz CT molecular complexity index is 986. The molecule has 2 saturated carbocycles. The molecule has 1 heterocycles. The lowest BCUT2D eigenvalue weighted by atomic mass is 9.53. The maximum absolute atomic E-state index is 12.6. The van der Waals surface area contributed by atoms with E-state index in [1.54, 1.807) is 11.3 Å². The Labute approximate surface area is 189 Å². The molecule has 5 heteroatoms. The van der Waals surface area contributed by atoms with Crippen LogP contribution >= 0.6 is 11.3 Å². The van der Waals surface area contributed by atoms with Crippen LogP contribution in [0.1, 0.15) is 74.3 Å². The summed E-state index contributed by atoms with van der Waals surface area (Å²) in [4.78, 5) is 18.0. The van der Waals surface area contributed by atoms with Gasteiger partial charge in [0.15, 0.2) is 5.13 Å². The molecule has 6 atom stereocenters. The summed E-state index contributed by atoms with van der Waals surface area (Å²) in [6, 6.07) is 6.04. The number of phenolic OH excluding ortho intramolecular Hbond substituents is 1. The number of hydrogen-bond donors (Lipinski definition) is 2. The summed E-state index contributed by atoms with van der Waals surface area (Å²) >= 11 is 1.54. The Kier molecular flexibility index (Phi) is 5.36. The highest BCUT2D eigenvalue weighted by molar-refractivity contribution is 7.15. The molecule has 1 amide bonds. The van der Waals surface area contributed by atoms with E-state index < -0.39 is 0 Å². The Morgan fingerprint density at radius 3 is 2.97 bits per heavy atom. The molecule has 0 radical (unpaired) electrons. The number of benzene rings is 1. The summed E-state index contributed by atoms with van der Waals surface area (Å²) in [6.45, 7) is 6.99. The number of rotatable bonds is 4. The predicted octanol–water partition coefficient (Wildman–Crippen LogP) is 6.29. The summed E-state index contributed by atoms with van der Waals surface area (Å²) in [5.41, 5.74) is 3.22. The molecular formula is C26H34N2O2S. The fourth-order valence-electron chi connectivity index (χ4n) is 7.39. The molecule has 1 aromatic heterocycles. The molecule has 1 aromatic carbocycles. The number of anilines is 1. The van der Waals surface area contributed by atoms with E-state index in [-0.39, 0.29) is 5.91 Å². The first-order valence-electron chi connectivity index (χ1n) is 11.9. The maximum Gasteiger partial charge on any atom is 0.226 e. The molecule has 2 N–H and O–H groups in total. The number of aromatic nitrogens is 1. The molecule has 0 aliphatic heterocycles. The SMILES string of the molecule is Cc1cnc(NC(=O)CC[C@@H]2CC(C)[C@@]3(C)CC[C@@H]4c5ccc(O)cc5CC[C@H]4[C@H]23)s1. The minimum atomic E-state index is 0.104. The van der Waals surface area contributed by atoms with Gasteiger partial charge in [-0.25, -0.2) is 4.98 Å². The summed E-state index contributed by atoms with van der Waals surface area (Å²) in [5, 5.41) is 13.7. The van der Waals surface area contributed by atoms with Crippen LogP contribution in [0.4, 0.5) is 5.13 Å². The zero-order valence-corrected chi connectivity index (χ0v) is 19.7. The molecule has 2 fully saturated rings. The van der Waals surface area contributed by atoms with Crippen LogP contribution < -0.4 is 5.32 Å². The van der Waals surface area contributed by atoms with E-state index in [4.69, 9.17) is 0 Å². The number of aryl methyl sites for hydroxylation is 2. The average Bonchev–Trinajstić information content (AvgIpc) is 3.25. The first-order chi connectivity index (χ1) is 14.8. The molecule has 0 bridgehead atoms. The van der Waals surface area contributed by atoms with Crippen LogP contribution in [0.25, 0.3) is 0 Å². The zero-order chi connectivity index (χ0) is 21.8. The monoisotopic (exact) mass is 438 g/mol. The smallest absolute Gasteiger partial charge is 0.226 e. The van der Waals surface area contributed by atoms with Crippen LogP contribution in [-0.4, -0.2) is 16.0 Å². The maximum atomic E-state index is 12.6. The molecule has 3 aliphatic rings. The lowest BCUT2D eigenvalue weighted by Crippen LogP contribution is -2.43. The highest BCUT2D eigenvalue weighted by Crippen LogP contribution is 2.65. The highest BCUT2D eigenvalue weighted by atomic mass is 32.1. The summed E-state index contributed by atoms with van der Waals surface area (Å²) < 4.78 is 0. The normalized spacial score (nSPS) is 34.0. The molecule has 4 nitrogen and oxygen atoms in total. The van der Waals surface area contributed by atoms with Gasteiger partial charge in [0.05, 0.1) is 0 Å². The van der Waals surface area contributed by atoms with Crippen molar-refractivity contribution in [2.45, 2.75) is 71.6 Å². The van der Waals surface area contributed by atoms with Crippen molar-refractivity contribution >= 4 is 22.4 Å². The van der Waals surface area contributed by atoms with Gasteiger partial charge in [-0.3, -0.25) is 4.79 Å². The van der Waals surface area contributed by atoms with Crippen molar-refractivity contribution < 1.29 is 9.90 Å². The molecule has 0 saturated heterocycles. The zero-order valence-electron chi connectivity index (χ0n) is 18.9. The van der Waals surface area contributed by atoms with Crippen molar-refractivity contribution in [2.75, 3.05) is 5.32 Å². The summed E-state index contributed by atoms with van der Waals surface area (Å²) in [7, 11) is 0. The van der Waals surface area contributed by atoms with Crippen molar-refractivity contribution in [1.82, 2.24) is 4.98 Å². The Balaban J connectivity index is 1.33. The van der Waals surface area contributed by atoms with Crippen molar-refractivity contribution in [3.05, 3.63) is 40.4 Å². The van der Waals surface area contributed by atoms with Gasteiger partial charge in [0.1, 0.15) is 5.75 Å². The van der Waals surface area contributed by atoms with Crippen molar-refractivity contribution in [3.8, 4) is 5.75 Å². The Hall–Kier alpha value is -1.88. The van der Waals surface area contributed by atoms with E-state index in [0.29, 0.717) is 47.2 Å². The number of nitrogens with one attached hydrogen (secondary N) is 1. The van der Waals surface area contributed by atoms with Crippen molar-refractivity contribution in [3.63, 3.8) is 0 Å². The molecule has 3 aliphatic carbocycles. The van der Waals surface area contributed by atoms with Gasteiger partial charge in [0.2, 0.25) is 5.91 Å². The van der Waals surface area contributed by atoms with Crippen LogP contribution in [0.2, 0.25) is 0 Å². The second kappa shape index (κ2) is 7.91. The van der Waals surface area contributed by atoms with Gasteiger partial charge in [0.25, 0.3) is 0 Å². The quantitative estimate of drug-likeness (QED) is 0.589. The largest absolute Gasteiger partial charge is 0.508 e. The molecule has 1 unspecified atom stereocenters. The molecule has 2 aromatic rings. The van der Waals surface area contributed by atoms with Crippen molar-refractivity contribution in [1.29, 1.82) is 0 Å². The van der Waals surface area contributed by atoms with E-state index >= 15 is 0 Å². The third kappa shape index (κ3) is 3.69. The minimum absolute atomic E-state index is 0.104. The number of thiazole rings is 1. The van der Waals surface area contributed by atoms with Crippen molar-refractivity contribution in [2.24, 2.45) is 29.1 Å². The minimum Gasteiger partial charge on any atom is -0.508 e. The third-order valence-corrected chi connectivity index (χ3v) is 9.73. The number of carbonyl (C=O) groups excluding carboxylic acids is 1. The number of fused-ring (bicyclic) bond motifs is 5. The highest BCUT2D eigenvalue weighted by Gasteiger charge is 2.57. The van der Waals surface area contributed by atoms with E-state index in [0.717, 1.165) is 22.9 Å². The van der Waals surface area contributed by atoms with Gasteiger partial charge in [-0.2, -0.15) is 0 Å². The van der Waals surface area contributed by atoms with Crippen LogP contribution in [0.3, 0.4) is 0 Å². The fraction of sp³-hybridized carbons (Fsp3) is 0.615. The van der Waals surface area contributed by atoms with Crippen LogP contribution in [0, 0.1) is 36.0 Å². The molecule has 31 heavy (non-hydrogen) atoms. The topological polar surface area (TPSA) is 62.2 Å². The Morgan fingerprint density at radius 1 is 1.35 bits per heavy atom. The standard InChI is InChI=1S/C26H34N2O2S/c1-15-12-18(5-9-23(30)28-25-27-14-16(2)31-25)24-22-7-4-17-13-19(29)6-8-20(17)21(22)10-11-26(15,24)3/h6,8,13-15,18,21-22,24,29H,4-5,7,9-12H2,1-3H3,(H,27,28,30)/t15?,18-,21-,22-,24+,26-/m1/s1. The third-order valence-electron chi connectivity index (χ3n) is 8.91. The van der Waals surface area contributed by atoms with Gasteiger partial charge < -0.3 is 10.4 Å². The van der Waals surface area contributed by atoms with Crippen LogP contribution in [0.15, 0.2) is 24.4 Å². The molecule has 0 spiro atoms. The second-order valence-electron chi connectivity index (χ2n) is 10.5. The number of phenols is 1.